The van der Waals surface area contributed by atoms with Crippen molar-refractivity contribution in [1.82, 2.24) is 9.29 Å². The summed E-state index contributed by atoms with van der Waals surface area (Å²) in [6, 6.07) is 12.8. The maximum atomic E-state index is 13.1. The zero-order valence-corrected chi connectivity index (χ0v) is 17.4. The average Bonchev–Trinajstić information content (AvgIpc) is 3.27. The second kappa shape index (κ2) is 8.99. The van der Waals surface area contributed by atoms with E-state index in [4.69, 9.17) is 9.15 Å². The van der Waals surface area contributed by atoms with E-state index in [1.54, 1.807) is 18.2 Å². The number of esters is 1. The van der Waals surface area contributed by atoms with Crippen LogP contribution in [-0.4, -0.2) is 36.3 Å². The lowest BCUT2D eigenvalue weighted by Crippen LogP contribution is -2.48. The van der Waals surface area contributed by atoms with E-state index >= 15 is 0 Å². The van der Waals surface area contributed by atoms with Gasteiger partial charge in [0.25, 0.3) is 0 Å². The third kappa shape index (κ3) is 4.67. The molecule has 0 aliphatic carbocycles. The average molecular weight is 444 g/mol. The molecule has 0 N–H and O–H groups in total. The van der Waals surface area contributed by atoms with Gasteiger partial charge in [-0.15, -0.1) is 0 Å². The van der Waals surface area contributed by atoms with Crippen LogP contribution in [0.1, 0.15) is 25.0 Å². The largest absolute Gasteiger partial charge is 0.458 e. The topological polar surface area (TPSA) is 89.7 Å². The first-order valence-corrected chi connectivity index (χ1v) is 11.3. The molecule has 7 nitrogen and oxygen atoms in total. The highest BCUT2D eigenvalue weighted by Gasteiger charge is 2.38. The number of aromatic nitrogens is 1. The fourth-order valence-electron chi connectivity index (χ4n) is 3.50. The Morgan fingerprint density at radius 2 is 1.87 bits per heavy atom. The molecule has 31 heavy (non-hydrogen) atoms. The van der Waals surface area contributed by atoms with Crippen molar-refractivity contribution in [3.05, 3.63) is 72.4 Å². The molecule has 1 atom stereocenters. The minimum Gasteiger partial charge on any atom is -0.458 e. The molecule has 4 rings (SSSR count). The fourth-order valence-corrected chi connectivity index (χ4v) is 5.16. The van der Waals surface area contributed by atoms with E-state index in [1.165, 1.54) is 47.0 Å². The monoisotopic (exact) mass is 444 g/mol. The smallest absolute Gasteiger partial charge is 0.324 e. The molecule has 1 aromatic heterocycles. The van der Waals surface area contributed by atoms with Crippen LogP contribution in [0.2, 0.25) is 0 Å². The molecule has 0 saturated carbocycles. The highest BCUT2D eigenvalue weighted by Crippen LogP contribution is 2.26. The molecular formula is C22H21FN2O5S. The third-order valence-corrected chi connectivity index (χ3v) is 7.00. The van der Waals surface area contributed by atoms with Gasteiger partial charge < -0.3 is 9.15 Å². The predicted octanol–water partition coefficient (Wildman–Crippen LogP) is 3.77. The highest BCUT2D eigenvalue weighted by molar-refractivity contribution is 7.89. The minimum absolute atomic E-state index is 0.148. The summed E-state index contributed by atoms with van der Waals surface area (Å²) in [4.78, 5) is 17.1. The van der Waals surface area contributed by atoms with Crippen molar-refractivity contribution in [1.29, 1.82) is 0 Å². The highest BCUT2D eigenvalue weighted by atomic mass is 32.2. The van der Waals surface area contributed by atoms with Gasteiger partial charge in [0.2, 0.25) is 15.9 Å². The van der Waals surface area contributed by atoms with E-state index in [9.17, 15) is 17.6 Å². The molecule has 2 aromatic carbocycles. The molecule has 0 radical (unpaired) electrons. The maximum Gasteiger partial charge on any atom is 0.324 e. The fraction of sp³-hybridized carbons (Fsp3) is 0.273. The van der Waals surface area contributed by atoms with Crippen LogP contribution in [0.5, 0.6) is 0 Å². The Morgan fingerprint density at radius 3 is 2.61 bits per heavy atom. The Morgan fingerprint density at radius 1 is 1.13 bits per heavy atom. The van der Waals surface area contributed by atoms with Crippen molar-refractivity contribution < 1.29 is 26.8 Å². The Bertz CT molecular complexity index is 1150. The zero-order chi connectivity index (χ0) is 21.8. The number of rotatable bonds is 6. The molecule has 1 saturated heterocycles. The molecule has 0 amide bonds. The minimum atomic E-state index is -3.81. The van der Waals surface area contributed by atoms with Gasteiger partial charge in [0, 0.05) is 12.1 Å². The first kappa shape index (κ1) is 21.2. The molecule has 162 valence electrons. The Hall–Kier alpha value is -3.04. The number of hydrogen-bond acceptors (Lipinski definition) is 6. The molecule has 1 aliphatic rings. The van der Waals surface area contributed by atoms with Crippen LogP contribution in [0.4, 0.5) is 4.39 Å². The van der Waals surface area contributed by atoms with Crippen molar-refractivity contribution >= 4 is 16.0 Å². The molecule has 0 spiro atoms. The second-order valence-electron chi connectivity index (χ2n) is 7.20. The molecule has 1 aliphatic heterocycles. The number of halogens is 1. The van der Waals surface area contributed by atoms with E-state index in [2.05, 4.69) is 4.98 Å². The van der Waals surface area contributed by atoms with Gasteiger partial charge in [-0.3, -0.25) is 4.79 Å². The first-order chi connectivity index (χ1) is 14.9. The Balaban J connectivity index is 1.44. The van der Waals surface area contributed by atoms with Crippen LogP contribution in [0.3, 0.4) is 0 Å². The lowest BCUT2D eigenvalue weighted by Gasteiger charge is -2.32. The van der Waals surface area contributed by atoms with Gasteiger partial charge >= 0.3 is 5.97 Å². The number of hydrogen-bond donors (Lipinski definition) is 0. The van der Waals surface area contributed by atoms with Gasteiger partial charge in [0.15, 0.2) is 0 Å². The number of carbonyl (C=O) groups is 1. The maximum absolute atomic E-state index is 13.1. The van der Waals surface area contributed by atoms with Crippen molar-refractivity contribution in [3.8, 4) is 11.5 Å². The summed E-state index contributed by atoms with van der Waals surface area (Å²) in [5.74, 6) is -0.713. The zero-order valence-electron chi connectivity index (χ0n) is 16.6. The lowest BCUT2D eigenvalue weighted by atomic mass is 10.1. The van der Waals surface area contributed by atoms with Crippen molar-refractivity contribution in [2.24, 2.45) is 0 Å². The number of benzene rings is 2. The van der Waals surface area contributed by atoms with Crippen LogP contribution in [0.25, 0.3) is 11.5 Å². The van der Waals surface area contributed by atoms with Crippen LogP contribution in [-0.2, 0) is 26.2 Å². The van der Waals surface area contributed by atoms with Gasteiger partial charge in [-0.1, -0.05) is 18.2 Å². The van der Waals surface area contributed by atoms with E-state index in [0.717, 1.165) is 6.42 Å². The number of sulfonamides is 1. The molecular weight excluding hydrogens is 423 g/mol. The summed E-state index contributed by atoms with van der Waals surface area (Å²) >= 11 is 0. The van der Waals surface area contributed by atoms with Crippen LogP contribution < -0.4 is 0 Å². The summed E-state index contributed by atoms with van der Waals surface area (Å²) in [5, 5.41) is 0. The number of nitrogens with zero attached hydrogens (tertiary/aromatic N) is 2. The molecule has 1 unspecified atom stereocenters. The van der Waals surface area contributed by atoms with Crippen LogP contribution in [0, 0.1) is 5.82 Å². The standard InChI is InChI=1S/C22H21FN2O5S/c23-17-11-9-16(10-12-17)21-24-18(14-29-21)15-30-22(26)20-8-4-5-13-25(20)31(27,28)19-6-2-1-3-7-19/h1-3,6-7,9-12,14,20H,4-5,8,13,15H2. The normalized spacial score (nSPS) is 17.4. The van der Waals surface area contributed by atoms with Gasteiger partial charge in [-0.2, -0.15) is 4.31 Å². The van der Waals surface area contributed by atoms with E-state index in [0.29, 0.717) is 24.1 Å². The molecule has 9 heteroatoms. The van der Waals surface area contributed by atoms with Crippen molar-refractivity contribution in [2.45, 2.75) is 36.8 Å². The predicted molar refractivity (Wildman–Crippen MR) is 110 cm³/mol. The molecule has 0 bridgehead atoms. The van der Waals surface area contributed by atoms with E-state index in [1.807, 2.05) is 0 Å². The summed E-state index contributed by atoms with van der Waals surface area (Å²) in [6.07, 6.45) is 3.16. The number of piperidine rings is 1. The molecule has 1 fully saturated rings. The Labute approximate surface area is 179 Å². The van der Waals surface area contributed by atoms with Crippen LogP contribution >= 0.6 is 0 Å². The molecule has 3 aromatic rings. The summed E-state index contributed by atoms with van der Waals surface area (Å²) in [6.45, 7) is 0.106. The Kier molecular flexibility index (Phi) is 6.15. The van der Waals surface area contributed by atoms with Gasteiger partial charge in [-0.05, 0) is 55.7 Å². The summed E-state index contributed by atoms with van der Waals surface area (Å²) in [7, 11) is -3.81. The third-order valence-electron chi connectivity index (χ3n) is 5.08. The number of carbonyl (C=O) groups excluding carboxylic acids is 1. The quantitative estimate of drug-likeness (QED) is 0.538. The second-order valence-corrected chi connectivity index (χ2v) is 9.09. The van der Waals surface area contributed by atoms with Crippen molar-refractivity contribution in [3.63, 3.8) is 0 Å². The summed E-state index contributed by atoms with van der Waals surface area (Å²) in [5.41, 5.74) is 0.965. The van der Waals surface area contributed by atoms with E-state index in [-0.39, 0.29) is 29.8 Å². The van der Waals surface area contributed by atoms with Gasteiger partial charge in [-0.25, -0.2) is 17.8 Å². The number of ether oxygens (including phenoxy) is 1. The molecule has 2 heterocycles. The summed E-state index contributed by atoms with van der Waals surface area (Å²) < 4.78 is 51.1. The lowest BCUT2D eigenvalue weighted by molar-refractivity contribution is -0.150. The van der Waals surface area contributed by atoms with E-state index < -0.39 is 22.0 Å². The van der Waals surface area contributed by atoms with Gasteiger partial charge in [0.1, 0.15) is 30.4 Å². The number of oxazole rings is 1. The SMILES string of the molecule is O=C(OCc1coc(-c2ccc(F)cc2)n1)C1CCCCN1S(=O)(=O)c1ccccc1. The first-order valence-electron chi connectivity index (χ1n) is 9.89. The van der Waals surface area contributed by atoms with Crippen molar-refractivity contribution in [2.75, 3.05) is 6.54 Å². The van der Waals surface area contributed by atoms with Gasteiger partial charge in [0.05, 0.1) is 4.90 Å². The van der Waals surface area contributed by atoms with Crippen LogP contribution in [0.15, 0.2) is 70.2 Å².